The van der Waals surface area contributed by atoms with Crippen LogP contribution in [0, 0.1) is 0 Å². The molecule has 1 aromatic heterocycles. The van der Waals surface area contributed by atoms with E-state index < -0.39 is 0 Å². The highest BCUT2D eigenvalue weighted by molar-refractivity contribution is 9.11. The standard InChI is InChI=1S/C27H25BBr2N4S2/c1-4-27(2,3)21-13(10-35)23(29)20(24(30)14(21)11-36)19-22(28)25-18-12(9-16(18)31-25)26(19)34-17-8-6-5-7-15(17)32-33-34/h4-8,16,31,35-36H,1,9-11,28H2,2-3H3. The fraction of sp³-hybridized carbons (Fsp3) is 0.259. The number of fused-ring (bicyclic) bond motifs is 1. The van der Waals surface area contributed by atoms with Gasteiger partial charge in [0.1, 0.15) is 13.4 Å². The summed E-state index contributed by atoms with van der Waals surface area (Å²) in [4.78, 5) is 0. The zero-order chi connectivity index (χ0) is 25.5. The number of para-hydroxylation sites is 1. The number of allylic oxidation sites excluding steroid dienone is 1. The quantitative estimate of drug-likeness (QED) is 0.133. The number of nitrogens with one attached hydrogen (secondary N) is 1. The van der Waals surface area contributed by atoms with E-state index in [1.54, 1.807) is 0 Å². The van der Waals surface area contributed by atoms with Gasteiger partial charge in [-0.2, -0.15) is 25.3 Å². The Balaban J connectivity index is 1.76. The summed E-state index contributed by atoms with van der Waals surface area (Å²) in [7, 11) is 2.20. The van der Waals surface area contributed by atoms with Crippen molar-refractivity contribution in [1.29, 1.82) is 0 Å². The molecule has 2 heterocycles. The summed E-state index contributed by atoms with van der Waals surface area (Å²) < 4.78 is 4.11. The molecule has 0 radical (unpaired) electrons. The van der Waals surface area contributed by atoms with Crippen LogP contribution in [0.4, 0.5) is 5.69 Å². The number of rotatable bonds is 6. The Morgan fingerprint density at radius 1 is 1.17 bits per heavy atom. The molecule has 1 aliphatic carbocycles. The molecule has 2 aliphatic rings. The molecule has 3 aromatic carbocycles. The number of thiol groups is 2. The van der Waals surface area contributed by atoms with Crippen LogP contribution in [0.1, 0.15) is 47.7 Å². The molecule has 1 aliphatic heterocycles. The van der Waals surface area contributed by atoms with Crippen LogP contribution in [-0.2, 0) is 23.3 Å². The summed E-state index contributed by atoms with van der Waals surface area (Å²) in [5.74, 6) is 1.18. The predicted octanol–water partition coefficient (Wildman–Crippen LogP) is 6.22. The molecule has 4 nitrogen and oxygen atoms in total. The molecule has 182 valence electrons. The number of benzene rings is 3. The molecule has 1 atom stereocenters. The van der Waals surface area contributed by atoms with Crippen molar-refractivity contribution < 1.29 is 0 Å². The maximum absolute atomic E-state index is 4.79. The summed E-state index contributed by atoms with van der Waals surface area (Å²) in [5, 5.41) is 12.8. The summed E-state index contributed by atoms with van der Waals surface area (Å²) >= 11 is 17.7. The zero-order valence-corrected chi connectivity index (χ0v) is 25.2. The van der Waals surface area contributed by atoms with Crippen LogP contribution < -0.4 is 10.8 Å². The third-order valence-corrected chi connectivity index (χ3v) is 10.2. The van der Waals surface area contributed by atoms with E-state index in [9.17, 15) is 0 Å². The van der Waals surface area contributed by atoms with Crippen molar-refractivity contribution in [3.05, 3.63) is 73.7 Å². The SMILES string of the molecule is Bc1c2c3c(c(-n4nnc5ccccc54)c1-c1c(Br)c(CS)c(C(C)(C)C=C)c(CS)c1Br)CC3N2. The Morgan fingerprint density at radius 3 is 2.44 bits per heavy atom. The molecule has 0 spiro atoms. The van der Waals surface area contributed by atoms with E-state index in [-0.39, 0.29) is 5.41 Å². The second-order valence-corrected chi connectivity index (χ2v) is 12.3. The van der Waals surface area contributed by atoms with E-state index >= 15 is 0 Å². The van der Waals surface area contributed by atoms with Crippen molar-refractivity contribution in [2.24, 2.45) is 0 Å². The Kier molecular flexibility index (Phi) is 5.95. The van der Waals surface area contributed by atoms with E-state index in [1.165, 1.54) is 27.8 Å². The molecule has 0 saturated heterocycles. The van der Waals surface area contributed by atoms with Gasteiger partial charge in [0, 0.05) is 48.2 Å². The Labute approximate surface area is 239 Å². The highest BCUT2D eigenvalue weighted by Crippen LogP contribution is 2.55. The number of nitrogens with zero attached hydrogens (tertiary/aromatic N) is 3. The first kappa shape index (κ1) is 24.6. The summed E-state index contributed by atoms with van der Waals surface area (Å²) in [5.41, 5.74) is 13.8. The molecule has 1 unspecified atom stereocenters. The van der Waals surface area contributed by atoms with Crippen LogP contribution in [0.25, 0.3) is 27.8 Å². The Hall–Kier alpha value is -1.68. The van der Waals surface area contributed by atoms with Crippen molar-refractivity contribution >= 4 is 87.1 Å². The highest BCUT2D eigenvalue weighted by atomic mass is 79.9. The van der Waals surface area contributed by atoms with Crippen LogP contribution >= 0.6 is 57.1 Å². The molecule has 36 heavy (non-hydrogen) atoms. The predicted molar refractivity (Wildman–Crippen MR) is 167 cm³/mol. The lowest BCUT2D eigenvalue weighted by atomic mass is 9.67. The second kappa shape index (κ2) is 8.68. The topological polar surface area (TPSA) is 42.7 Å². The largest absolute Gasteiger partial charge is 0.378 e. The third-order valence-electron chi connectivity index (χ3n) is 7.80. The Bertz CT molecular complexity index is 1580. The lowest BCUT2D eigenvalue weighted by molar-refractivity contribution is 0.625. The van der Waals surface area contributed by atoms with E-state index in [2.05, 4.69) is 81.8 Å². The van der Waals surface area contributed by atoms with Gasteiger partial charge in [-0.3, -0.25) is 0 Å². The smallest absolute Gasteiger partial charge is 0.142 e. The first-order chi connectivity index (χ1) is 17.2. The molecular formula is C27H25BBr2N4S2. The van der Waals surface area contributed by atoms with E-state index in [0.29, 0.717) is 17.5 Å². The van der Waals surface area contributed by atoms with Crippen molar-refractivity contribution in [3.63, 3.8) is 0 Å². The lowest BCUT2D eigenvalue weighted by Gasteiger charge is -2.47. The van der Waals surface area contributed by atoms with Crippen LogP contribution in [-0.4, -0.2) is 22.8 Å². The van der Waals surface area contributed by atoms with Gasteiger partial charge in [0.05, 0.1) is 17.2 Å². The number of anilines is 1. The summed E-state index contributed by atoms with van der Waals surface area (Å²) in [6, 6.07) is 8.59. The van der Waals surface area contributed by atoms with Gasteiger partial charge in [0.25, 0.3) is 0 Å². The third kappa shape index (κ3) is 3.22. The molecule has 4 aromatic rings. The summed E-state index contributed by atoms with van der Waals surface area (Å²) in [6.07, 6.45) is 2.99. The van der Waals surface area contributed by atoms with Gasteiger partial charge in [0.15, 0.2) is 0 Å². The van der Waals surface area contributed by atoms with Crippen molar-refractivity contribution in [2.45, 2.75) is 43.2 Å². The molecule has 0 amide bonds. The van der Waals surface area contributed by atoms with Gasteiger partial charge in [-0.1, -0.05) is 42.7 Å². The minimum atomic E-state index is -0.245. The van der Waals surface area contributed by atoms with Gasteiger partial charge in [-0.25, -0.2) is 4.68 Å². The lowest BCUT2D eigenvalue weighted by Crippen LogP contribution is -2.41. The fourth-order valence-electron chi connectivity index (χ4n) is 5.88. The van der Waals surface area contributed by atoms with Crippen LogP contribution in [0.2, 0.25) is 0 Å². The first-order valence-electron chi connectivity index (χ1n) is 11.9. The van der Waals surface area contributed by atoms with Crippen molar-refractivity contribution in [3.8, 4) is 16.8 Å². The average Bonchev–Trinajstić information content (AvgIpc) is 3.27. The van der Waals surface area contributed by atoms with Gasteiger partial charge in [-0.05, 0) is 72.7 Å². The van der Waals surface area contributed by atoms with Crippen LogP contribution in [0.15, 0.2) is 45.9 Å². The molecule has 6 rings (SSSR count). The van der Waals surface area contributed by atoms with Gasteiger partial charge in [0.2, 0.25) is 0 Å². The highest BCUT2D eigenvalue weighted by Gasteiger charge is 2.44. The summed E-state index contributed by atoms with van der Waals surface area (Å²) in [6.45, 7) is 8.51. The maximum atomic E-state index is 4.79. The minimum Gasteiger partial charge on any atom is -0.378 e. The second-order valence-electron chi connectivity index (χ2n) is 10.1. The fourth-order valence-corrected chi connectivity index (χ4v) is 8.68. The molecule has 0 fully saturated rings. The number of halogens is 2. The maximum Gasteiger partial charge on any atom is 0.142 e. The molecule has 1 N–H and O–H groups in total. The van der Waals surface area contributed by atoms with Crippen molar-refractivity contribution in [2.75, 3.05) is 5.32 Å². The molecular weight excluding hydrogens is 615 g/mol. The number of hydrogen-bond acceptors (Lipinski definition) is 5. The van der Waals surface area contributed by atoms with Crippen LogP contribution in [0.5, 0.6) is 0 Å². The van der Waals surface area contributed by atoms with E-state index in [4.69, 9.17) is 25.3 Å². The normalized spacial score (nSPS) is 15.8. The molecule has 0 bridgehead atoms. The molecule has 9 heteroatoms. The van der Waals surface area contributed by atoms with E-state index in [1.807, 2.05) is 29.0 Å². The monoisotopic (exact) mass is 638 g/mol. The number of aromatic nitrogens is 3. The average molecular weight is 640 g/mol. The van der Waals surface area contributed by atoms with Gasteiger partial charge < -0.3 is 5.32 Å². The first-order valence-corrected chi connectivity index (χ1v) is 14.8. The van der Waals surface area contributed by atoms with Crippen LogP contribution in [0.3, 0.4) is 0 Å². The number of hydrogen-bond donors (Lipinski definition) is 3. The minimum absolute atomic E-state index is 0.245. The van der Waals surface area contributed by atoms with Gasteiger partial charge >= 0.3 is 0 Å². The van der Waals surface area contributed by atoms with E-state index in [0.717, 1.165) is 54.3 Å². The van der Waals surface area contributed by atoms with Gasteiger partial charge in [-0.15, -0.1) is 11.7 Å². The molecule has 0 saturated carbocycles. The Morgan fingerprint density at radius 2 is 1.83 bits per heavy atom. The zero-order valence-electron chi connectivity index (χ0n) is 20.3. The van der Waals surface area contributed by atoms with Crippen molar-refractivity contribution in [1.82, 2.24) is 15.0 Å².